The molecule has 1 amide bonds. The summed E-state index contributed by atoms with van der Waals surface area (Å²) in [7, 11) is 3.28. The second-order valence-electron chi connectivity index (χ2n) is 4.60. The quantitative estimate of drug-likeness (QED) is 0.705. The lowest BCUT2D eigenvalue weighted by Gasteiger charge is -2.35. The molecule has 1 rings (SSSR count). The molecule has 5 nitrogen and oxygen atoms in total. The Labute approximate surface area is 103 Å². The average Bonchev–Trinajstić information content (AvgIpc) is 2.37. The van der Waals surface area contributed by atoms with E-state index in [-0.39, 0.29) is 11.9 Å². The molecule has 0 aliphatic carbocycles. The van der Waals surface area contributed by atoms with Crippen molar-refractivity contribution in [1.29, 1.82) is 0 Å². The number of piperidine rings is 1. The van der Waals surface area contributed by atoms with E-state index in [0.717, 1.165) is 32.4 Å². The van der Waals surface area contributed by atoms with Crippen LogP contribution >= 0.6 is 0 Å². The Bertz CT molecular complexity index is 240. The van der Waals surface area contributed by atoms with Gasteiger partial charge in [0.15, 0.2) is 0 Å². The van der Waals surface area contributed by atoms with Gasteiger partial charge in [0.2, 0.25) is 0 Å². The van der Waals surface area contributed by atoms with Gasteiger partial charge in [-0.15, -0.1) is 0 Å². The molecule has 1 saturated heterocycles. The Hall–Kier alpha value is -0.650. The highest BCUT2D eigenvalue weighted by atomic mass is 16.5. The first kappa shape index (κ1) is 14.4. The van der Waals surface area contributed by atoms with Gasteiger partial charge in [-0.3, -0.25) is 4.79 Å². The van der Waals surface area contributed by atoms with Crippen LogP contribution in [0.4, 0.5) is 0 Å². The minimum atomic E-state index is -0.646. The number of rotatable bonds is 6. The molecule has 5 heteroatoms. The van der Waals surface area contributed by atoms with Gasteiger partial charge in [-0.05, 0) is 39.3 Å². The first-order chi connectivity index (χ1) is 8.14. The molecule has 17 heavy (non-hydrogen) atoms. The molecule has 0 bridgehead atoms. The predicted molar refractivity (Wildman–Crippen MR) is 65.9 cm³/mol. The van der Waals surface area contributed by atoms with E-state index in [1.54, 1.807) is 14.2 Å². The maximum atomic E-state index is 12.2. The Morgan fingerprint density at radius 2 is 2.06 bits per heavy atom. The number of nitrogens with one attached hydrogen (secondary N) is 2. The normalized spacial score (nSPS) is 20.9. The molecule has 1 aliphatic rings. The summed E-state index contributed by atoms with van der Waals surface area (Å²) in [6, 6.07) is 0.115. The fourth-order valence-electron chi connectivity index (χ4n) is 2.08. The topological polar surface area (TPSA) is 59.6 Å². The summed E-state index contributed by atoms with van der Waals surface area (Å²) >= 11 is 0. The van der Waals surface area contributed by atoms with Crippen molar-refractivity contribution in [3.63, 3.8) is 0 Å². The highest BCUT2D eigenvalue weighted by Gasteiger charge is 2.39. The summed E-state index contributed by atoms with van der Waals surface area (Å²) in [5.41, 5.74) is -0.646. The smallest absolute Gasteiger partial charge is 0.252 e. The zero-order valence-corrected chi connectivity index (χ0v) is 11.0. The second kappa shape index (κ2) is 6.93. The third-order valence-electron chi connectivity index (χ3n) is 3.35. The number of methoxy groups -OCH3 is 2. The van der Waals surface area contributed by atoms with E-state index in [4.69, 9.17) is 9.47 Å². The highest BCUT2D eigenvalue weighted by Crippen LogP contribution is 2.22. The van der Waals surface area contributed by atoms with Crippen LogP contribution in [0.3, 0.4) is 0 Å². The molecule has 0 aromatic carbocycles. The number of hydrogen-bond donors (Lipinski definition) is 2. The van der Waals surface area contributed by atoms with E-state index in [1.807, 2.05) is 6.92 Å². The minimum absolute atomic E-state index is 0.00473. The molecule has 0 aromatic rings. The molecular formula is C12H24N2O3. The van der Waals surface area contributed by atoms with Gasteiger partial charge >= 0.3 is 0 Å². The van der Waals surface area contributed by atoms with Gasteiger partial charge in [0.05, 0.1) is 0 Å². The van der Waals surface area contributed by atoms with Crippen molar-refractivity contribution in [2.75, 3.05) is 33.9 Å². The Morgan fingerprint density at radius 1 is 1.41 bits per heavy atom. The Morgan fingerprint density at radius 3 is 2.59 bits per heavy atom. The second-order valence-corrected chi connectivity index (χ2v) is 4.60. The molecule has 1 heterocycles. The highest BCUT2D eigenvalue weighted by molar-refractivity contribution is 5.85. The zero-order valence-electron chi connectivity index (χ0n) is 11.0. The monoisotopic (exact) mass is 244 g/mol. The van der Waals surface area contributed by atoms with Crippen molar-refractivity contribution < 1.29 is 14.3 Å². The number of ether oxygens (including phenoxy) is 2. The summed E-state index contributed by atoms with van der Waals surface area (Å²) in [6.45, 7) is 4.30. The third-order valence-corrected chi connectivity index (χ3v) is 3.35. The lowest BCUT2D eigenvalue weighted by molar-refractivity contribution is -0.147. The SMILES string of the molecule is COCCC(C)NC(=O)C1(OC)CCNCC1. The molecule has 1 aliphatic heterocycles. The molecule has 100 valence electrons. The molecule has 2 N–H and O–H groups in total. The standard InChI is InChI=1S/C12H24N2O3/c1-10(4-9-16-2)14-11(15)12(17-3)5-7-13-8-6-12/h10,13H,4-9H2,1-3H3,(H,14,15). The zero-order chi connectivity index (χ0) is 12.7. The van der Waals surface area contributed by atoms with Crippen LogP contribution in [0.1, 0.15) is 26.2 Å². The largest absolute Gasteiger partial charge is 0.385 e. The van der Waals surface area contributed by atoms with Crippen molar-refractivity contribution in [3.05, 3.63) is 0 Å². The van der Waals surface area contributed by atoms with Crippen molar-refractivity contribution >= 4 is 5.91 Å². The van der Waals surface area contributed by atoms with Gasteiger partial charge in [0.1, 0.15) is 5.60 Å². The molecule has 0 spiro atoms. The van der Waals surface area contributed by atoms with Crippen molar-refractivity contribution in [2.45, 2.75) is 37.8 Å². The fourth-order valence-corrected chi connectivity index (χ4v) is 2.08. The summed E-state index contributed by atoms with van der Waals surface area (Å²) in [6.07, 6.45) is 2.28. The van der Waals surface area contributed by atoms with Gasteiger partial charge < -0.3 is 20.1 Å². The van der Waals surface area contributed by atoms with Gasteiger partial charge in [0, 0.05) is 26.9 Å². The molecule has 1 unspecified atom stereocenters. The average molecular weight is 244 g/mol. The van der Waals surface area contributed by atoms with Crippen LogP contribution in [-0.4, -0.2) is 51.5 Å². The molecule has 0 radical (unpaired) electrons. The van der Waals surface area contributed by atoms with Crippen LogP contribution in [-0.2, 0) is 14.3 Å². The van der Waals surface area contributed by atoms with Crippen molar-refractivity contribution in [3.8, 4) is 0 Å². The lowest BCUT2D eigenvalue weighted by atomic mass is 9.90. The molecular weight excluding hydrogens is 220 g/mol. The van der Waals surface area contributed by atoms with E-state index in [1.165, 1.54) is 0 Å². The van der Waals surface area contributed by atoms with Gasteiger partial charge in [-0.1, -0.05) is 0 Å². The lowest BCUT2D eigenvalue weighted by Crippen LogP contribution is -2.55. The Kier molecular flexibility index (Phi) is 5.88. The maximum Gasteiger partial charge on any atom is 0.252 e. The number of hydrogen-bond acceptors (Lipinski definition) is 4. The first-order valence-electron chi connectivity index (χ1n) is 6.20. The summed E-state index contributed by atoms with van der Waals surface area (Å²) in [5.74, 6) is 0.00473. The number of carbonyl (C=O) groups excluding carboxylic acids is 1. The van der Waals surface area contributed by atoms with E-state index >= 15 is 0 Å². The summed E-state index contributed by atoms with van der Waals surface area (Å²) in [5, 5.41) is 6.24. The van der Waals surface area contributed by atoms with Gasteiger partial charge in [-0.25, -0.2) is 0 Å². The van der Waals surface area contributed by atoms with E-state index in [2.05, 4.69) is 10.6 Å². The van der Waals surface area contributed by atoms with Crippen LogP contribution in [0.2, 0.25) is 0 Å². The number of carbonyl (C=O) groups is 1. The fraction of sp³-hybridized carbons (Fsp3) is 0.917. The van der Waals surface area contributed by atoms with E-state index < -0.39 is 5.60 Å². The van der Waals surface area contributed by atoms with Crippen molar-refractivity contribution in [1.82, 2.24) is 10.6 Å². The van der Waals surface area contributed by atoms with E-state index in [0.29, 0.717) is 6.61 Å². The molecule has 1 atom stereocenters. The Balaban J connectivity index is 2.48. The molecule has 0 saturated carbocycles. The molecule has 1 fully saturated rings. The van der Waals surface area contributed by atoms with Gasteiger partial charge in [0.25, 0.3) is 5.91 Å². The maximum absolute atomic E-state index is 12.2. The third kappa shape index (κ3) is 3.94. The van der Waals surface area contributed by atoms with Crippen LogP contribution in [0.5, 0.6) is 0 Å². The molecule has 0 aromatic heterocycles. The van der Waals surface area contributed by atoms with Crippen molar-refractivity contribution in [2.24, 2.45) is 0 Å². The van der Waals surface area contributed by atoms with Crippen LogP contribution < -0.4 is 10.6 Å². The summed E-state index contributed by atoms with van der Waals surface area (Å²) in [4.78, 5) is 12.2. The van der Waals surface area contributed by atoms with Gasteiger partial charge in [-0.2, -0.15) is 0 Å². The predicted octanol–water partition coefficient (Wildman–Crippen LogP) is 0.296. The van der Waals surface area contributed by atoms with Crippen LogP contribution in [0, 0.1) is 0 Å². The minimum Gasteiger partial charge on any atom is -0.385 e. The van der Waals surface area contributed by atoms with Crippen LogP contribution in [0.25, 0.3) is 0 Å². The van der Waals surface area contributed by atoms with E-state index in [9.17, 15) is 4.79 Å². The number of amides is 1. The van der Waals surface area contributed by atoms with Crippen LogP contribution in [0.15, 0.2) is 0 Å². The first-order valence-corrected chi connectivity index (χ1v) is 6.20. The summed E-state index contributed by atoms with van der Waals surface area (Å²) < 4.78 is 10.5.